The van der Waals surface area contributed by atoms with Gasteiger partial charge in [0.2, 0.25) is 0 Å². The van der Waals surface area contributed by atoms with Crippen molar-refractivity contribution < 1.29 is 4.74 Å². The molecule has 2 N–H and O–H groups in total. The number of ether oxygens (including phenoxy) is 1. The second-order valence-electron chi connectivity index (χ2n) is 11.4. The lowest BCUT2D eigenvalue weighted by molar-refractivity contribution is 0.0969. The molecule has 2 saturated carbocycles. The van der Waals surface area contributed by atoms with Crippen LogP contribution in [0.25, 0.3) is 0 Å². The van der Waals surface area contributed by atoms with Crippen LogP contribution in [-0.4, -0.2) is 44.4 Å². The number of rotatable bonds is 6. The largest absolute Gasteiger partial charge is 0.479 e. The highest BCUT2D eigenvalue weighted by molar-refractivity contribution is 5.59. The first kappa shape index (κ1) is 21.0. The summed E-state index contributed by atoms with van der Waals surface area (Å²) in [6.45, 7) is 15.9. The lowest BCUT2D eigenvalue weighted by Gasteiger charge is -2.46. The summed E-state index contributed by atoms with van der Waals surface area (Å²) in [7, 11) is 0. The number of piperazine rings is 1. The van der Waals surface area contributed by atoms with Gasteiger partial charge in [0.25, 0.3) is 0 Å². The summed E-state index contributed by atoms with van der Waals surface area (Å²) >= 11 is 0. The van der Waals surface area contributed by atoms with E-state index in [0.29, 0.717) is 16.7 Å². The van der Waals surface area contributed by atoms with Crippen LogP contribution >= 0.6 is 0 Å². The van der Waals surface area contributed by atoms with E-state index >= 15 is 0 Å². The van der Waals surface area contributed by atoms with Crippen molar-refractivity contribution in [3.8, 4) is 5.75 Å². The maximum atomic E-state index is 5.68. The van der Waals surface area contributed by atoms with Crippen LogP contribution in [-0.2, 0) is 0 Å². The Morgan fingerprint density at radius 2 is 1.66 bits per heavy atom. The highest BCUT2D eigenvalue weighted by Crippen LogP contribution is 2.53. The van der Waals surface area contributed by atoms with Gasteiger partial charge in [-0.05, 0) is 66.4 Å². The molecule has 3 fully saturated rings. The third-order valence-corrected chi connectivity index (χ3v) is 7.17. The zero-order chi connectivity index (χ0) is 20.6. The average molecular weight is 400 g/mol. The van der Waals surface area contributed by atoms with Gasteiger partial charge in [0, 0.05) is 44.5 Å². The molecule has 1 aliphatic heterocycles. The first-order chi connectivity index (χ1) is 13.7. The Labute approximate surface area is 177 Å². The first-order valence-corrected chi connectivity index (χ1v) is 11.7. The van der Waals surface area contributed by atoms with Gasteiger partial charge >= 0.3 is 0 Å². The SMILES string of the molecule is CC1(C)CC(c2ccc(OCN)cc2N2CCN(CC3CC3)CC2)CC(C)(C)C1. The molecule has 0 radical (unpaired) electrons. The van der Waals surface area contributed by atoms with E-state index in [9.17, 15) is 0 Å². The maximum Gasteiger partial charge on any atom is 0.137 e. The van der Waals surface area contributed by atoms with Gasteiger partial charge in [0.05, 0.1) is 0 Å². The van der Waals surface area contributed by atoms with Crippen molar-refractivity contribution in [1.82, 2.24) is 4.90 Å². The number of nitrogens with two attached hydrogens (primary N) is 1. The smallest absolute Gasteiger partial charge is 0.137 e. The van der Waals surface area contributed by atoms with Crippen molar-refractivity contribution in [2.45, 2.75) is 65.7 Å². The highest BCUT2D eigenvalue weighted by Gasteiger charge is 2.40. The van der Waals surface area contributed by atoms with Crippen LogP contribution in [0.2, 0.25) is 0 Å². The molecule has 2 aliphatic carbocycles. The van der Waals surface area contributed by atoms with Crippen molar-refractivity contribution in [2.24, 2.45) is 22.5 Å². The van der Waals surface area contributed by atoms with Crippen LogP contribution in [0.3, 0.4) is 0 Å². The minimum Gasteiger partial charge on any atom is -0.479 e. The molecule has 4 heteroatoms. The molecule has 1 heterocycles. The van der Waals surface area contributed by atoms with Gasteiger partial charge in [-0.2, -0.15) is 0 Å². The fourth-order valence-corrected chi connectivity index (χ4v) is 6.23. The Bertz CT molecular complexity index is 686. The van der Waals surface area contributed by atoms with E-state index in [2.05, 4.69) is 55.7 Å². The molecule has 4 rings (SSSR count). The molecule has 0 amide bonds. The van der Waals surface area contributed by atoms with Crippen molar-refractivity contribution in [2.75, 3.05) is 44.4 Å². The van der Waals surface area contributed by atoms with E-state index in [1.54, 1.807) is 0 Å². The average Bonchev–Trinajstić information content (AvgIpc) is 3.44. The van der Waals surface area contributed by atoms with Gasteiger partial charge in [0.15, 0.2) is 0 Å². The Balaban J connectivity index is 1.57. The second-order valence-corrected chi connectivity index (χ2v) is 11.4. The molecule has 4 nitrogen and oxygen atoms in total. The van der Waals surface area contributed by atoms with Gasteiger partial charge in [0.1, 0.15) is 12.5 Å². The fraction of sp³-hybridized carbons (Fsp3) is 0.760. The molecular formula is C25H41N3O. The van der Waals surface area contributed by atoms with Crippen LogP contribution < -0.4 is 15.4 Å². The van der Waals surface area contributed by atoms with Gasteiger partial charge in [-0.1, -0.05) is 33.8 Å². The van der Waals surface area contributed by atoms with Crippen LogP contribution in [0.1, 0.15) is 71.3 Å². The molecular weight excluding hydrogens is 358 g/mol. The van der Waals surface area contributed by atoms with E-state index in [1.807, 2.05) is 0 Å². The molecule has 29 heavy (non-hydrogen) atoms. The minimum absolute atomic E-state index is 0.234. The standard InChI is InChI=1S/C25H41N3O/c1-24(2)14-20(15-25(3,4)17-24)22-8-7-21(29-18-26)13-23(22)28-11-9-27(10-12-28)16-19-5-6-19/h7-8,13,19-20H,5-6,9-12,14-18,26H2,1-4H3. The van der Waals surface area contributed by atoms with Crippen molar-refractivity contribution in [3.05, 3.63) is 23.8 Å². The van der Waals surface area contributed by atoms with Gasteiger partial charge < -0.3 is 9.64 Å². The summed E-state index contributed by atoms with van der Waals surface area (Å²) in [5, 5.41) is 0. The molecule has 3 aliphatic rings. The zero-order valence-corrected chi connectivity index (χ0v) is 19.0. The Kier molecular flexibility index (Phi) is 5.87. The normalized spacial score (nSPS) is 25.2. The summed E-state index contributed by atoms with van der Waals surface area (Å²) in [5.41, 5.74) is 9.35. The number of hydrogen-bond donors (Lipinski definition) is 1. The summed E-state index contributed by atoms with van der Waals surface area (Å²) < 4.78 is 5.68. The lowest BCUT2D eigenvalue weighted by atomic mass is 9.60. The van der Waals surface area contributed by atoms with Crippen LogP contribution in [0, 0.1) is 16.7 Å². The summed E-state index contributed by atoms with van der Waals surface area (Å²) in [4.78, 5) is 5.28. The van der Waals surface area contributed by atoms with Crippen LogP contribution in [0.5, 0.6) is 5.75 Å². The second kappa shape index (κ2) is 8.11. The molecule has 1 aromatic rings. The molecule has 1 aromatic carbocycles. The molecule has 0 unspecified atom stereocenters. The van der Waals surface area contributed by atoms with E-state index in [-0.39, 0.29) is 6.73 Å². The number of hydrogen-bond acceptors (Lipinski definition) is 4. The van der Waals surface area contributed by atoms with Gasteiger partial charge in [-0.3, -0.25) is 10.6 Å². The van der Waals surface area contributed by atoms with Crippen molar-refractivity contribution in [3.63, 3.8) is 0 Å². The topological polar surface area (TPSA) is 41.7 Å². The molecule has 1 saturated heterocycles. The van der Waals surface area contributed by atoms with Crippen molar-refractivity contribution in [1.29, 1.82) is 0 Å². The molecule has 0 atom stereocenters. The van der Waals surface area contributed by atoms with E-state index < -0.39 is 0 Å². The maximum absolute atomic E-state index is 5.68. The summed E-state index contributed by atoms with van der Waals surface area (Å²) in [6, 6.07) is 6.72. The zero-order valence-electron chi connectivity index (χ0n) is 19.0. The van der Waals surface area contributed by atoms with Crippen molar-refractivity contribution >= 4 is 5.69 Å². The van der Waals surface area contributed by atoms with E-state index in [0.717, 1.165) is 24.8 Å². The molecule has 0 spiro atoms. The molecule has 162 valence electrons. The third kappa shape index (κ3) is 5.27. The fourth-order valence-electron chi connectivity index (χ4n) is 6.23. The quantitative estimate of drug-likeness (QED) is 0.696. The Morgan fingerprint density at radius 1 is 1.00 bits per heavy atom. The van der Waals surface area contributed by atoms with E-state index in [1.165, 1.54) is 63.0 Å². The molecule has 0 aromatic heterocycles. The monoisotopic (exact) mass is 399 g/mol. The number of anilines is 1. The number of nitrogens with zero attached hydrogens (tertiary/aromatic N) is 2. The predicted molar refractivity (Wildman–Crippen MR) is 122 cm³/mol. The first-order valence-electron chi connectivity index (χ1n) is 11.7. The van der Waals surface area contributed by atoms with Crippen LogP contribution in [0.15, 0.2) is 18.2 Å². The summed E-state index contributed by atoms with van der Waals surface area (Å²) in [5.74, 6) is 2.49. The van der Waals surface area contributed by atoms with E-state index in [4.69, 9.17) is 10.5 Å². The van der Waals surface area contributed by atoms with Gasteiger partial charge in [-0.25, -0.2) is 0 Å². The predicted octanol–water partition coefficient (Wildman–Crippen LogP) is 4.83. The lowest BCUT2D eigenvalue weighted by Crippen LogP contribution is -2.47. The summed E-state index contributed by atoms with van der Waals surface area (Å²) in [6.07, 6.45) is 6.72. The number of benzene rings is 1. The van der Waals surface area contributed by atoms with Crippen LogP contribution in [0.4, 0.5) is 5.69 Å². The Morgan fingerprint density at radius 3 is 2.24 bits per heavy atom. The molecule has 0 bridgehead atoms. The van der Waals surface area contributed by atoms with Gasteiger partial charge in [-0.15, -0.1) is 0 Å². The Hall–Kier alpha value is -1.26. The third-order valence-electron chi connectivity index (χ3n) is 7.17. The minimum atomic E-state index is 0.234. The highest BCUT2D eigenvalue weighted by atomic mass is 16.5.